The number of terminal acetylenes is 1. The molecule has 1 rings (SSSR count). The summed E-state index contributed by atoms with van der Waals surface area (Å²) in [5.41, 5.74) is -0.405. The Morgan fingerprint density at radius 2 is 2.00 bits per heavy atom. The minimum Gasteiger partial charge on any atom is -0.166 e. The molecule has 0 aliphatic rings. The van der Waals surface area contributed by atoms with Crippen LogP contribution in [0.1, 0.15) is 24.0 Å². The molecule has 0 heterocycles. The summed E-state index contributed by atoms with van der Waals surface area (Å²) in [7, 11) is 0. The summed E-state index contributed by atoms with van der Waals surface area (Å²) in [6, 6.07) is 3.71. The van der Waals surface area contributed by atoms with Gasteiger partial charge in [-0.2, -0.15) is 13.2 Å². The van der Waals surface area contributed by atoms with Crippen molar-refractivity contribution in [3.05, 3.63) is 34.3 Å². The molecular weight excluding hydrogens is 225 g/mol. The van der Waals surface area contributed by atoms with Gasteiger partial charge in [0.1, 0.15) is 0 Å². The van der Waals surface area contributed by atoms with Crippen LogP contribution in [0.5, 0.6) is 0 Å². The summed E-state index contributed by atoms with van der Waals surface area (Å²) in [4.78, 5) is 0. The van der Waals surface area contributed by atoms with E-state index in [9.17, 15) is 13.2 Å². The molecule has 1 aromatic rings. The molecule has 0 bridgehead atoms. The van der Waals surface area contributed by atoms with E-state index in [4.69, 9.17) is 18.0 Å². The van der Waals surface area contributed by atoms with E-state index >= 15 is 0 Å². The average molecular weight is 233 g/mol. The van der Waals surface area contributed by atoms with Gasteiger partial charge in [0.25, 0.3) is 0 Å². The zero-order valence-electron chi connectivity index (χ0n) is 7.90. The molecule has 0 aromatic heterocycles. The Labute approximate surface area is 91.1 Å². The third-order valence-electron chi connectivity index (χ3n) is 2.05. The Morgan fingerprint density at radius 1 is 1.40 bits per heavy atom. The van der Waals surface area contributed by atoms with Gasteiger partial charge in [-0.05, 0) is 24.6 Å². The van der Waals surface area contributed by atoms with Crippen molar-refractivity contribution in [3.63, 3.8) is 0 Å². The van der Waals surface area contributed by atoms with Gasteiger partial charge < -0.3 is 0 Å². The number of rotatable bonds is 1. The molecular formula is C11H8ClF3. The molecule has 80 valence electrons. The summed E-state index contributed by atoms with van der Waals surface area (Å²) in [6.07, 6.45) is 0.694. The SMILES string of the molecule is C#CC(C)c1ccc(Cl)c(C(F)(F)F)c1. The molecule has 0 fully saturated rings. The maximum atomic E-state index is 12.5. The summed E-state index contributed by atoms with van der Waals surface area (Å²) < 4.78 is 37.4. The second-order valence-corrected chi connectivity index (χ2v) is 3.53. The van der Waals surface area contributed by atoms with E-state index in [1.807, 2.05) is 0 Å². The summed E-state index contributed by atoms with van der Waals surface area (Å²) in [5.74, 6) is 2.01. The molecule has 0 nitrogen and oxygen atoms in total. The first kappa shape index (κ1) is 11.9. The van der Waals surface area contributed by atoms with Crippen molar-refractivity contribution in [2.45, 2.75) is 19.0 Å². The minimum absolute atomic E-state index is 0.310. The van der Waals surface area contributed by atoms with Crippen molar-refractivity contribution in [1.82, 2.24) is 0 Å². The average Bonchev–Trinajstić information content (AvgIpc) is 2.15. The monoisotopic (exact) mass is 232 g/mol. The van der Waals surface area contributed by atoms with Crippen LogP contribution < -0.4 is 0 Å². The lowest BCUT2D eigenvalue weighted by Crippen LogP contribution is -2.07. The lowest BCUT2D eigenvalue weighted by Gasteiger charge is -2.12. The fourth-order valence-corrected chi connectivity index (χ4v) is 1.35. The first-order valence-corrected chi connectivity index (χ1v) is 4.57. The van der Waals surface area contributed by atoms with Crippen LogP contribution in [0.2, 0.25) is 5.02 Å². The number of halogens is 4. The number of benzene rings is 1. The fraction of sp³-hybridized carbons (Fsp3) is 0.273. The van der Waals surface area contributed by atoms with Crippen LogP contribution >= 0.6 is 11.6 Å². The Balaban J connectivity index is 3.24. The Hall–Kier alpha value is -1.14. The highest BCUT2D eigenvalue weighted by Crippen LogP contribution is 2.36. The molecule has 1 unspecified atom stereocenters. The van der Waals surface area contributed by atoms with E-state index in [0.717, 1.165) is 6.07 Å². The third-order valence-corrected chi connectivity index (χ3v) is 2.38. The molecule has 1 atom stereocenters. The molecule has 0 spiro atoms. The van der Waals surface area contributed by atoms with E-state index in [2.05, 4.69) is 5.92 Å². The molecule has 0 saturated heterocycles. The van der Waals surface area contributed by atoms with Crippen molar-refractivity contribution >= 4 is 11.6 Å². The van der Waals surface area contributed by atoms with Crippen LogP contribution in [0.15, 0.2) is 18.2 Å². The van der Waals surface area contributed by atoms with Gasteiger partial charge in [-0.25, -0.2) is 0 Å². The van der Waals surface area contributed by atoms with Crippen LogP contribution in [-0.4, -0.2) is 0 Å². The predicted molar refractivity (Wildman–Crippen MR) is 53.7 cm³/mol. The molecule has 0 amide bonds. The smallest absolute Gasteiger partial charge is 0.166 e. The van der Waals surface area contributed by atoms with Gasteiger partial charge in [0.05, 0.1) is 10.6 Å². The molecule has 0 aliphatic carbocycles. The molecule has 0 aliphatic heterocycles. The van der Waals surface area contributed by atoms with Crippen molar-refractivity contribution in [1.29, 1.82) is 0 Å². The second kappa shape index (κ2) is 4.16. The number of hydrogen-bond donors (Lipinski definition) is 0. The van der Waals surface area contributed by atoms with E-state index < -0.39 is 11.7 Å². The topological polar surface area (TPSA) is 0 Å². The predicted octanol–water partition coefficient (Wildman–Crippen LogP) is 4.10. The summed E-state index contributed by atoms with van der Waals surface area (Å²) in [5, 5.41) is -0.310. The van der Waals surface area contributed by atoms with Crippen molar-refractivity contribution < 1.29 is 13.2 Å². The quantitative estimate of drug-likeness (QED) is 0.640. The van der Waals surface area contributed by atoms with Crippen LogP contribution in [0.25, 0.3) is 0 Å². The first-order valence-electron chi connectivity index (χ1n) is 4.19. The van der Waals surface area contributed by atoms with Gasteiger partial charge in [-0.1, -0.05) is 23.6 Å². The van der Waals surface area contributed by atoms with E-state index in [1.165, 1.54) is 12.1 Å². The normalized spacial score (nSPS) is 13.3. The zero-order chi connectivity index (χ0) is 11.6. The highest BCUT2D eigenvalue weighted by molar-refractivity contribution is 6.31. The fourth-order valence-electron chi connectivity index (χ4n) is 1.13. The lowest BCUT2D eigenvalue weighted by atomic mass is 10.00. The highest BCUT2D eigenvalue weighted by atomic mass is 35.5. The van der Waals surface area contributed by atoms with Gasteiger partial charge in [0, 0.05) is 5.92 Å². The van der Waals surface area contributed by atoms with Gasteiger partial charge >= 0.3 is 6.18 Å². The maximum Gasteiger partial charge on any atom is 0.417 e. The van der Waals surface area contributed by atoms with Gasteiger partial charge in [0.2, 0.25) is 0 Å². The van der Waals surface area contributed by atoms with E-state index in [-0.39, 0.29) is 10.9 Å². The Kier molecular flexibility index (Phi) is 3.31. The molecule has 15 heavy (non-hydrogen) atoms. The van der Waals surface area contributed by atoms with Crippen LogP contribution in [0.3, 0.4) is 0 Å². The molecule has 4 heteroatoms. The standard InChI is InChI=1S/C11H8ClF3/c1-3-7(2)8-4-5-10(12)9(6-8)11(13,14)15/h1,4-7H,2H3. The van der Waals surface area contributed by atoms with Crippen LogP contribution in [0, 0.1) is 12.3 Å². The summed E-state index contributed by atoms with van der Waals surface area (Å²) >= 11 is 5.46. The van der Waals surface area contributed by atoms with Gasteiger partial charge in [-0.3, -0.25) is 0 Å². The van der Waals surface area contributed by atoms with Crippen LogP contribution in [0.4, 0.5) is 13.2 Å². The highest BCUT2D eigenvalue weighted by Gasteiger charge is 2.33. The van der Waals surface area contributed by atoms with E-state index in [1.54, 1.807) is 6.92 Å². The second-order valence-electron chi connectivity index (χ2n) is 3.13. The lowest BCUT2D eigenvalue weighted by molar-refractivity contribution is -0.137. The zero-order valence-corrected chi connectivity index (χ0v) is 8.65. The van der Waals surface area contributed by atoms with Gasteiger partial charge in [-0.15, -0.1) is 6.42 Å². The van der Waals surface area contributed by atoms with Crippen LogP contribution in [-0.2, 0) is 6.18 Å². The Bertz CT molecular complexity index is 401. The van der Waals surface area contributed by atoms with E-state index in [0.29, 0.717) is 5.56 Å². The largest absolute Gasteiger partial charge is 0.417 e. The molecule has 0 saturated carbocycles. The Morgan fingerprint density at radius 3 is 2.47 bits per heavy atom. The van der Waals surface area contributed by atoms with Crippen molar-refractivity contribution in [2.24, 2.45) is 0 Å². The number of alkyl halides is 3. The van der Waals surface area contributed by atoms with Gasteiger partial charge in [0.15, 0.2) is 0 Å². The first-order chi connectivity index (χ1) is 6.86. The van der Waals surface area contributed by atoms with Crippen molar-refractivity contribution in [2.75, 3.05) is 0 Å². The minimum atomic E-state index is -4.44. The van der Waals surface area contributed by atoms with Crippen molar-refractivity contribution in [3.8, 4) is 12.3 Å². The number of hydrogen-bond acceptors (Lipinski definition) is 0. The maximum absolute atomic E-state index is 12.5. The summed E-state index contributed by atoms with van der Waals surface area (Å²) in [6.45, 7) is 1.66. The molecule has 1 aromatic carbocycles. The molecule has 0 radical (unpaired) electrons. The third kappa shape index (κ3) is 2.66. The molecule has 0 N–H and O–H groups in total.